The molecule has 1 rings (SSSR count). The second kappa shape index (κ2) is 4.00. The van der Waals surface area contributed by atoms with E-state index >= 15 is 0 Å². The first-order valence-corrected chi connectivity index (χ1v) is 5.68. The average molecular weight is 183 g/mol. The van der Waals surface area contributed by atoms with Crippen molar-refractivity contribution in [3.05, 3.63) is 0 Å². The largest absolute Gasteiger partial charge is 0.317 e. The molecule has 0 spiro atoms. The van der Waals surface area contributed by atoms with Crippen LogP contribution in [0.1, 0.15) is 47.0 Å². The van der Waals surface area contributed by atoms with Crippen molar-refractivity contribution in [1.29, 1.82) is 0 Å². The number of rotatable bonds is 3. The predicted octanol–water partition coefficient (Wildman–Crippen LogP) is 3.06. The van der Waals surface area contributed by atoms with Gasteiger partial charge in [-0.05, 0) is 44.1 Å². The van der Waals surface area contributed by atoms with Crippen LogP contribution in [-0.4, -0.2) is 13.1 Å². The smallest absolute Gasteiger partial charge is 0.00643 e. The van der Waals surface area contributed by atoms with Gasteiger partial charge in [-0.15, -0.1) is 0 Å². The van der Waals surface area contributed by atoms with E-state index in [2.05, 4.69) is 40.1 Å². The van der Waals surface area contributed by atoms with Crippen molar-refractivity contribution in [2.24, 2.45) is 17.3 Å². The molecule has 0 bridgehead atoms. The second-order valence-electron chi connectivity index (χ2n) is 5.37. The summed E-state index contributed by atoms with van der Waals surface area (Å²) in [5, 5.41) is 3.39. The molecular formula is C12H25N. The molecule has 0 aromatic heterocycles. The van der Waals surface area contributed by atoms with Crippen molar-refractivity contribution in [1.82, 2.24) is 5.32 Å². The van der Waals surface area contributed by atoms with Crippen LogP contribution >= 0.6 is 0 Å². The van der Waals surface area contributed by atoms with Crippen molar-refractivity contribution in [2.45, 2.75) is 53.0 Å². The summed E-state index contributed by atoms with van der Waals surface area (Å²) < 4.78 is 0. The number of hydrogen-bond acceptors (Lipinski definition) is 1. The molecule has 78 valence electrons. The van der Waals surface area contributed by atoms with Crippen LogP contribution in [0, 0.1) is 17.3 Å². The van der Waals surface area contributed by atoms with Crippen LogP contribution in [0.3, 0.4) is 0 Å². The summed E-state index contributed by atoms with van der Waals surface area (Å²) >= 11 is 0. The maximum absolute atomic E-state index is 3.39. The molecule has 0 radical (unpaired) electrons. The van der Waals surface area contributed by atoms with Gasteiger partial charge in [0.05, 0.1) is 0 Å². The summed E-state index contributed by atoms with van der Waals surface area (Å²) in [5.41, 5.74) is 0.574. The third-order valence-electron chi connectivity index (χ3n) is 4.14. The van der Waals surface area contributed by atoms with Gasteiger partial charge in [-0.25, -0.2) is 0 Å². The fourth-order valence-corrected chi connectivity index (χ4v) is 2.95. The molecule has 0 amide bonds. The van der Waals surface area contributed by atoms with E-state index in [4.69, 9.17) is 0 Å². The maximum atomic E-state index is 3.39. The van der Waals surface area contributed by atoms with Gasteiger partial charge in [0.15, 0.2) is 0 Å². The molecule has 1 fully saturated rings. The van der Waals surface area contributed by atoms with Gasteiger partial charge in [0.1, 0.15) is 0 Å². The zero-order valence-corrected chi connectivity index (χ0v) is 9.85. The zero-order valence-electron chi connectivity index (χ0n) is 9.85. The molecule has 13 heavy (non-hydrogen) atoms. The molecule has 0 heterocycles. The molecule has 1 aliphatic rings. The van der Waals surface area contributed by atoms with Gasteiger partial charge in [0.2, 0.25) is 0 Å². The first-order chi connectivity index (χ1) is 6.01. The molecule has 1 saturated carbocycles. The SMILES string of the molecule is CCC1CC(C(C)NC)CC1(C)C. The standard InChI is InChI=1S/C12H25N/c1-6-11-7-10(9(2)13-5)8-12(11,3)4/h9-11,13H,6-8H2,1-5H3. The van der Waals surface area contributed by atoms with E-state index in [0.717, 1.165) is 11.8 Å². The van der Waals surface area contributed by atoms with Gasteiger partial charge in [-0.2, -0.15) is 0 Å². The van der Waals surface area contributed by atoms with Gasteiger partial charge >= 0.3 is 0 Å². The molecule has 1 heteroatoms. The minimum Gasteiger partial charge on any atom is -0.317 e. The molecule has 0 aromatic carbocycles. The fraction of sp³-hybridized carbons (Fsp3) is 1.00. The zero-order chi connectivity index (χ0) is 10.1. The Morgan fingerprint density at radius 1 is 1.46 bits per heavy atom. The third kappa shape index (κ3) is 2.25. The summed E-state index contributed by atoms with van der Waals surface area (Å²) in [5.74, 6) is 1.83. The van der Waals surface area contributed by atoms with Crippen molar-refractivity contribution < 1.29 is 0 Å². The van der Waals surface area contributed by atoms with Crippen LogP contribution in [0.2, 0.25) is 0 Å². The summed E-state index contributed by atoms with van der Waals surface area (Å²) in [4.78, 5) is 0. The van der Waals surface area contributed by atoms with E-state index in [-0.39, 0.29) is 0 Å². The summed E-state index contributed by atoms with van der Waals surface area (Å²) in [6.45, 7) is 9.52. The van der Waals surface area contributed by atoms with Crippen molar-refractivity contribution >= 4 is 0 Å². The van der Waals surface area contributed by atoms with E-state index in [1.807, 2.05) is 0 Å². The van der Waals surface area contributed by atoms with Crippen LogP contribution in [0.25, 0.3) is 0 Å². The number of nitrogens with one attached hydrogen (secondary N) is 1. The Kier molecular flexibility index (Phi) is 3.39. The topological polar surface area (TPSA) is 12.0 Å². The molecule has 3 atom stereocenters. The lowest BCUT2D eigenvalue weighted by atomic mass is 9.80. The van der Waals surface area contributed by atoms with Gasteiger partial charge in [-0.3, -0.25) is 0 Å². The molecule has 0 saturated heterocycles. The van der Waals surface area contributed by atoms with Crippen molar-refractivity contribution in [3.63, 3.8) is 0 Å². The Bertz CT molecular complexity index is 163. The lowest BCUT2D eigenvalue weighted by Gasteiger charge is -2.25. The van der Waals surface area contributed by atoms with Gasteiger partial charge in [-0.1, -0.05) is 27.2 Å². The van der Waals surface area contributed by atoms with Gasteiger partial charge in [0.25, 0.3) is 0 Å². The Morgan fingerprint density at radius 2 is 2.08 bits per heavy atom. The van der Waals surface area contributed by atoms with Crippen LogP contribution in [0.5, 0.6) is 0 Å². The predicted molar refractivity (Wildman–Crippen MR) is 58.8 cm³/mol. The second-order valence-corrected chi connectivity index (χ2v) is 5.37. The molecular weight excluding hydrogens is 158 g/mol. The molecule has 1 N–H and O–H groups in total. The first-order valence-electron chi connectivity index (χ1n) is 5.68. The third-order valence-corrected chi connectivity index (χ3v) is 4.14. The first kappa shape index (κ1) is 11.0. The fourth-order valence-electron chi connectivity index (χ4n) is 2.95. The lowest BCUT2D eigenvalue weighted by molar-refractivity contribution is 0.250. The van der Waals surface area contributed by atoms with Crippen LogP contribution in [0.15, 0.2) is 0 Å². The Hall–Kier alpha value is -0.0400. The normalized spacial score (nSPS) is 34.8. The number of hydrogen-bond donors (Lipinski definition) is 1. The molecule has 0 aromatic rings. The molecule has 3 unspecified atom stereocenters. The van der Waals surface area contributed by atoms with Crippen molar-refractivity contribution in [3.8, 4) is 0 Å². The van der Waals surface area contributed by atoms with Crippen LogP contribution in [0.4, 0.5) is 0 Å². The highest BCUT2D eigenvalue weighted by atomic mass is 14.9. The van der Waals surface area contributed by atoms with E-state index in [1.165, 1.54) is 19.3 Å². The average Bonchev–Trinajstić information content (AvgIpc) is 2.39. The van der Waals surface area contributed by atoms with E-state index in [0.29, 0.717) is 11.5 Å². The highest BCUT2D eigenvalue weighted by Crippen LogP contribution is 2.48. The monoisotopic (exact) mass is 183 g/mol. The Labute approximate surface area is 83.3 Å². The van der Waals surface area contributed by atoms with E-state index in [9.17, 15) is 0 Å². The van der Waals surface area contributed by atoms with Crippen molar-refractivity contribution in [2.75, 3.05) is 7.05 Å². The van der Waals surface area contributed by atoms with E-state index in [1.54, 1.807) is 0 Å². The molecule has 1 aliphatic carbocycles. The van der Waals surface area contributed by atoms with Crippen LogP contribution < -0.4 is 5.32 Å². The quantitative estimate of drug-likeness (QED) is 0.709. The lowest BCUT2D eigenvalue weighted by Crippen LogP contribution is -2.29. The minimum atomic E-state index is 0.574. The maximum Gasteiger partial charge on any atom is 0.00643 e. The summed E-state index contributed by atoms with van der Waals surface area (Å²) in [6, 6.07) is 0.691. The highest BCUT2D eigenvalue weighted by molar-refractivity contribution is 4.92. The summed E-state index contributed by atoms with van der Waals surface area (Å²) in [7, 11) is 2.08. The summed E-state index contributed by atoms with van der Waals surface area (Å²) in [6.07, 6.45) is 4.17. The molecule has 0 aliphatic heterocycles. The minimum absolute atomic E-state index is 0.574. The Balaban J connectivity index is 2.58. The van der Waals surface area contributed by atoms with Gasteiger partial charge in [0, 0.05) is 6.04 Å². The van der Waals surface area contributed by atoms with Crippen LogP contribution in [-0.2, 0) is 0 Å². The van der Waals surface area contributed by atoms with Gasteiger partial charge < -0.3 is 5.32 Å². The Morgan fingerprint density at radius 3 is 2.46 bits per heavy atom. The highest BCUT2D eigenvalue weighted by Gasteiger charge is 2.40. The molecule has 1 nitrogen and oxygen atoms in total. The van der Waals surface area contributed by atoms with E-state index < -0.39 is 0 Å².